The molecule has 1 saturated carbocycles. The zero-order valence-electron chi connectivity index (χ0n) is 13.2. The summed E-state index contributed by atoms with van der Waals surface area (Å²) in [6.45, 7) is 4.17. The molecule has 1 aromatic carbocycles. The van der Waals surface area contributed by atoms with E-state index in [0.29, 0.717) is 12.3 Å². The Morgan fingerprint density at radius 1 is 1.45 bits per heavy atom. The first-order valence-electron chi connectivity index (χ1n) is 7.98. The fraction of sp³-hybridized carbons (Fsp3) is 0.529. The van der Waals surface area contributed by atoms with Crippen LogP contribution < -0.4 is 10.7 Å². The molecule has 5 heteroatoms. The van der Waals surface area contributed by atoms with E-state index in [1.807, 2.05) is 31.2 Å². The van der Waals surface area contributed by atoms with Gasteiger partial charge in [0.25, 0.3) is 5.91 Å². The minimum absolute atomic E-state index is 0.0762. The molecule has 0 heterocycles. The Bertz CT molecular complexity index is 544. The number of anilines is 1. The summed E-state index contributed by atoms with van der Waals surface area (Å²) in [5.41, 5.74) is 4.79. The van der Waals surface area contributed by atoms with Crippen LogP contribution in [0.25, 0.3) is 0 Å². The molecule has 0 unspecified atom stereocenters. The number of hydrogen-bond acceptors (Lipinski definition) is 3. The number of nitrogens with zero attached hydrogens (tertiary/aromatic N) is 1. The molecule has 120 valence electrons. The van der Waals surface area contributed by atoms with Gasteiger partial charge in [-0.05, 0) is 49.8 Å². The molecular weight excluding hydrogens is 342 g/mol. The Morgan fingerprint density at radius 3 is 2.95 bits per heavy atom. The number of nitrogens with one attached hydrogen (secondary N) is 2. The summed E-state index contributed by atoms with van der Waals surface area (Å²) in [5.74, 6) is 0.403. The topological polar surface area (TPSA) is 53.5 Å². The SMILES string of the molecule is CC[C@H](Nc1cccc(Br)c1)C(=O)N/N=C1\CCCC[C@@H]1C. The molecule has 2 N–H and O–H groups in total. The summed E-state index contributed by atoms with van der Waals surface area (Å²) >= 11 is 3.44. The molecule has 4 nitrogen and oxygen atoms in total. The minimum atomic E-state index is -0.280. The van der Waals surface area contributed by atoms with Gasteiger partial charge in [-0.15, -0.1) is 0 Å². The second kappa shape index (κ2) is 8.32. The third kappa shape index (κ3) is 4.83. The number of carbonyl (C=O) groups excluding carboxylic acids is 1. The van der Waals surface area contributed by atoms with Gasteiger partial charge in [0.2, 0.25) is 0 Å². The lowest BCUT2D eigenvalue weighted by Crippen LogP contribution is -2.37. The lowest BCUT2D eigenvalue weighted by atomic mass is 9.89. The zero-order valence-corrected chi connectivity index (χ0v) is 14.8. The molecule has 0 spiro atoms. The largest absolute Gasteiger partial charge is 0.374 e. The summed E-state index contributed by atoms with van der Waals surface area (Å²) in [6, 6.07) is 7.54. The molecule has 1 amide bonds. The Balaban J connectivity index is 1.95. The molecule has 0 bridgehead atoms. The van der Waals surface area contributed by atoms with Crippen LogP contribution in [0.5, 0.6) is 0 Å². The fourth-order valence-corrected chi connectivity index (χ4v) is 3.07. The predicted molar refractivity (Wildman–Crippen MR) is 95.1 cm³/mol. The van der Waals surface area contributed by atoms with Gasteiger partial charge in [-0.1, -0.05) is 42.3 Å². The third-order valence-electron chi connectivity index (χ3n) is 4.09. The van der Waals surface area contributed by atoms with Crippen LogP contribution in [0.4, 0.5) is 5.69 Å². The van der Waals surface area contributed by atoms with E-state index < -0.39 is 0 Å². The first-order valence-corrected chi connectivity index (χ1v) is 8.78. The van der Waals surface area contributed by atoms with Crippen LogP contribution in [-0.2, 0) is 4.79 Å². The van der Waals surface area contributed by atoms with Crippen LogP contribution in [0, 0.1) is 5.92 Å². The van der Waals surface area contributed by atoms with Gasteiger partial charge >= 0.3 is 0 Å². The Kier molecular flexibility index (Phi) is 6.43. The Morgan fingerprint density at radius 2 is 2.27 bits per heavy atom. The van der Waals surface area contributed by atoms with Crippen molar-refractivity contribution in [2.24, 2.45) is 11.0 Å². The van der Waals surface area contributed by atoms with Crippen molar-refractivity contribution in [1.82, 2.24) is 5.43 Å². The number of hydrazone groups is 1. The van der Waals surface area contributed by atoms with Gasteiger partial charge in [-0.3, -0.25) is 4.79 Å². The quantitative estimate of drug-likeness (QED) is 0.763. The number of hydrogen-bond donors (Lipinski definition) is 2. The summed E-state index contributed by atoms with van der Waals surface area (Å²) in [6.07, 6.45) is 5.31. The first-order chi connectivity index (χ1) is 10.6. The molecule has 2 atom stereocenters. The standard InChI is InChI=1S/C17H24BrN3O/c1-3-15(19-14-9-6-8-13(18)11-14)17(22)21-20-16-10-5-4-7-12(16)2/h6,8-9,11-12,15,19H,3-5,7,10H2,1-2H3,(H,21,22)/b20-16+/t12-,15-/m0/s1. The number of benzene rings is 1. The molecule has 2 rings (SSSR count). The van der Waals surface area contributed by atoms with Gasteiger partial charge in [0.15, 0.2) is 0 Å². The van der Waals surface area contributed by atoms with Gasteiger partial charge in [0, 0.05) is 15.9 Å². The van der Waals surface area contributed by atoms with Gasteiger partial charge in [-0.2, -0.15) is 5.10 Å². The number of halogens is 1. The van der Waals surface area contributed by atoms with Crippen LogP contribution in [0.3, 0.4) is 0 Å². The summed E-state index contributed by atoms with van der Waals surface area (Å²) in [5, 5.41) is 7.62. The van der Waals surface area contributed by atoms with Crippen molar-refractivity contribution in [2.45, 2.75) is 52.0 Å². The van der Waals surface area contributed by atoms with Crippen LogP contribution in [0.1, 0.15) is 46.0 Å². The molecule has 0 saturated heterocycles. The van der Waals surface area contributed by atoms with Crippen molar-refractivity contribution in [3.05, 3.63) is 28.7 Å². The van der Waals surface area contributed by atoms with E-state index in [-0.39, 0.29) is 11.9 Å². The van der Waals surface area contributed by atoms with Crippen LogP contribution in [0.2, 0.25) is 0 Å². The van der Waals surface area contributed by atoms with Crippen molar-refractivity contribution in [3.63, 3.8) is 0 Å². The molecule has 22 heavy (non-hydrogen) atoms. The van der Waals surface area contributed by atoms with E-state index >= 15 is 0 Å². The fourth-order valence-electron chi connectivity index (χ4n) is 2.67. The highest BCUT2D eigenvalue weighted by Crippen LogP contribution is 2.21. The number of rotatable bonds is 5. The summed E-state index contributed by atoms with van der Waals surface area (Å²) < 4.78 is 0.990. The molecule has 1 aliphatic carbocycles. The summed E-state index contributed by atoms with van der Waals surface area (Å²) in [7, 11) is 0. The van der Waals surface area contributed by atoms with E-state index in [2.05, 4.69) is 38.7 Å². The average molecular weight is 366 g/mol. The van der Waals surface area contributed by atoms with E-state index in [1.54, 1.807) is 0 Å². The van der Waals surface area contributed by atoms with Gasteiger partial charge in [0.1, 0.15) is 6.04 Å². The normalized spacial score (nSPS) is 21.4. The number of carbonyl (C=O) groups is 1. The average Bonchev–Trinajstić information content (AvgIpc) is 2.51. The smallest absolute Gasteiger partial charge is 0.262 e. The third-order valence-corrected chi connectivity index (χ3v) is 4.58. The highest BCUT2D eigenvalue weighted by molar-refractivity contribution is 9.10. The minimum Gasteiger partial charge on any atom is -0.374 e. The Labute approximate surface area is 140 Å². The predicted octanol–water partition coefficient (Wildman–Crippen LogP) is 4.32. The van der Waals surface area contributed by atoms with Crippen molar-refractivity contribution >= 4 is 33.2 Å². The number of amides is 1. The van der Waals surface area contributed by atoms with Crippen molar-refractivity contribution < 1.29 is 4.79 Å². The second-order valence-electron chi connectivity index (χ2n) is 5.84. The molecule has 1 aliphatic rings. The van der Waals surface area contributed by atoms with Crippen molar-refractivity contribution in [2.75, 3.05) is 5.32 Å². The summed E-state index contributed by atoms with van der Waals surface area (Å²) in [4.78, 5) is 12.3. The van der Waals surface area contributed by atoms with Crippen LogP contribution >= 0.6 is 15.9 Å². The molecule has 1 fully saturated rings. The van der Waals surface area contributed by atoms with Gasteiger partial charge in [0.05, 0.1) is 0 Å². The zero-order chi connectivity index (χ0) is 15.9. The molecule has 0 radical (unpaired) electrons. The van der Waals surface area contributed by atoms with E-state index in [1.165, 1.54) is 19.3 Å². The first kappa shape index (κ1) is 17.0. The monoisotopic (exact) mass is 365 g/mol. The Hall–Kier alpha value is -1.36. The van der Waals surface area contributed by atoms with Crippen LogP contribution in [-0.4, -0.2) is 17.7 Å². The van der Waals surface area contributed by atoms with Gasteiger partial charge < -0.3 is 5.32 Å². The highest BCUT2D eigenvalue weighted by Gasteiger charge is 2.19. The second-order valence-corrected chi connectivity index (χ2v) is 6.76. The van der Waals surface area contributed by atoms with Crippen LogP contribution in [0.15, 0.2) is 33.8 Å². The maximum atomic E-state index is 12.3. The van der Waals surface area contributed by atoms with Crippen molar-refractivity contribution in [3.8, 4) is 0 Å². The molecule has 1 aromatic rings. The van der Waals surface area contributed by atoms with Crippen molar-refractivity contribution in [1.29, 1.82) is 0 Å². The van der Waals surface area contributed by atoms with E-state index in [4.69, 9.17) is 0 Å². The maximum Gasteiger partial charge on any atom is 0.262 e. The van der Waals surface area contributed by atoms with E-state index in [9.17, 15) is 4.79 Å². The molecule has 0 aliphatic heterocycles. The van der Waals surface area contributed by atoms with E-state index in [0.717, 1.165) is 22.3 Å². The molecular formula is C17H24BrN3O. The van der Waals surface area contributed by atoms with Gasteiger partial charge in [-0.25, -0.2) is 5.43 Å². The highest BCUT2D eigenvalue weighted by atomic mass is 79.9. The lowest BCUT2D eigenvalue weighted by molar-refractivity contribution is -0.121. The molecule has 0 aromatic heterocycles. The maximum absolute atomic E-state index is 12.3. The lowest BCUT2D eigenvalue weighted by Gasteiger charge is -2.21.